The van der Waals surface area contributed by atoms with Gasteiger partial charge in [-0.1, -0.05) is 380 Å². The molecule has 0 saturated carbocycles. The molecule has 0 bridgehead atoms. The first kappa shape index (κ1) is 98.1. The van der Waals surface area contributed by atoms with Crippen LogP contribution in [0.15, 0.2) is 291 Å². The molecule has 0 aromatic heterocycles. The van der Waals surface area contributed by atoms with E-state index in [2.05, 4.69) is 402 Å². The Kier molecular flexibility index (Phi) is 35.8. The van der Waals surface area contributed by atoms with E-state index in [1.807, 2.05) is 19.4 Å². The normalized spacial score (nSPS) is 10.8. The SMILES string of the molecule is C[NH2+]C.Cc1cc(C)cc(P(c2cc(C)cc(C)c2)c2ccc3ccccc3c2-c2c(P(c3cc(C)cc(C)c3)c3cc(C)cc(C)c3)ccc3ccccc23)c1.Cc1cc(C)cc(P(c2cc(C)cc(C)c2)c2ccc3ccccc3c2-c2c(P(c3cc(C)cc(C)c3)c3cc(C)cc(C)c3)ccc3ccccc23)c1.[Cl-].[Cl-].[Cl-].[Cl-].[Cl-].[Ru+2].[Ru+2]. The van der Waals surface area contributed by atoms with Gasteiger partial charge in [0.05, 0.1) is 14.1 Å². The van der Waals surface area contributed by atoms with Gasteiger partial charge in [-0.2, -0.15) is 0 Å². The van der Waals surface area contributed by atoms with E-state index in [1.54, 1.807) is 0 Å². The molecular formula is C106H104Cl5NP4Ru2. The quantitative estimate of drug-likeness (QED) is 0.0885. The Bertz CT molecular complexity index is 5140. The maximum absolute atomic E-state index is 2.47. The summed E-state index contributed by atoms with van der Waals surface area (Å²) >= 11 is 0. The van der Waals surface area contributed by atoms with E-state index < -0.39 is 31.7 Å². The van der Waals surface area contributed by atoms with E-state index in [0.717, 1.165) is 0 Å². The van der Waals surface area contributed by atoms with Gasteiger partial charge in [-0.25, -0.2) is 0 Å². The fourth-order valence-corrected chi connectivity index (χ4v) is 28.6. The molecule has 0 fully saturated rings. The van der Waals surface area contributed by atoms with Gasteiger partial charge in [-0.15, -0.1) is 0 Å². The first-order chi connectivity index (χ1) is 53.4. The van der Waals surface area contributed by atoms with Crippen LogP contribution in [0.4, 0.5) is 0 Å². The first-order valence-electron chi connectivity index (χ1n) is 39.1. The second-order valence-corrected chi connectivity index (χ2v) is 40.2. The Morgan fingerprint density at radius 1 is 0.169 bits per heavy atom. The molecule has 0 unspecified atom stereocenters. The molecule has 16 rings (SSSR count). The monoisotopic (exact) mass is 1890 g/mol. The third-order valence-corrected chi connectivity index (χ3v) is 30.4. The molecule has 0 heterocycles. The van der Waals surface area contributed by atoms with Crippen LogP contribution in [0, 0.1) is 111 Å². The number of aryl methyl sites for hydroxylation is 16. The summed E-state index contributed by atoms with van der Waals surface area (Å²) in [6.07, 6.45) is 0. The topological polar surface area (TPSA) is 16.6 Å². The number of quaternary nitrogens is 1. The van der Waals surface area contributed by atoms with Gasteiger partial charge in [0.25, 0.3) is 0 Å². The Morgan fingerprint density at radius 3 is 0.415 bits per heavy atom. The van der Waals surface area contributed by atoms with E-state index in [4.69, 9.17) is 0 Å². The maximum atomic E-state index is 2.47. The van der Waals surface area contributed by atoms with Crippen molar-refractivity contribution in [2.45, 2.75) is 111 Å². The van der Waals surface area contributed by atoms with Crippen LogP contribution in [0.1, 0.15) is 89.0 Å². The molecule has 16 aromatic rings. The van der Waals surface area contributed by atoms with Gasteiger partial charge in [0.15, 0.2) is 0 Å². The molecule has 16 aromatic carbocycles. The van der Waals surface area contributed by atoms with Gasteiger partial charge >= 0.3 is 39.0 Å². The van der Waals surface area contributed by atoms with Gasteiger partial charge in [0.1, 0.15) is 0 Å². The number of halogens is 5. The van der Waals surface area contributed by atoms with Gasteiger partial charge in [0, 0.05) is 0 Å². The van der Waals surface area contributed by atoms with Crippen molar-refractivity contribution in [3.63, 3.8) is 0 Å². The average Bonchev–Trinajstić information content (AvgIpc) is 0.732. The third kappa shape index (κ3) is 21.9. The second-order valence-electron chi connectivity index (χ2n) is 31.4. The predicted molar refractivity (Wildman–Crippen MR) is 498 cm³/mol. The number of nitrogens with two attached hydrogens (primary N) is 1. The van der Waals surface area contributed by atoms with E-state index in [1.165, 1.54) is 218 Å². The minimum absolute atomic E-state index is 0. The molecule has 118 heavy (non-hydrogen) atoms. The summed E-state index contributed by atoms with van der Waals surface area (Å²) in [5.74, 6) is 0. The van der Waals surface area contributed by atoms with Crippen molar-refractivity contribution in [1.29, 1.82) is 0 Å². The summed E-state index contributed by atoms with van der Waals surface area (Å²) < 4.78 is 0. The molecule has 0 aliphatic heterocycles. The maximum Gasteiger partial charge on any atom is 2.00 e. The number of hydrogen-bond donors (Lipinski definition) is 1. The predicted octanol–water partition coefficient (Wildman–Crippen LogP) is 7.11. The molecule has 0 atom stereocenters. The summed E-state index contributed by atoms with van der Waals surface area (Å²) in [6.45, 7) is 35.9. The van der Waals surface area contributed by atoms with Crippen LogP contribution < -0.4 is 131 Å². The van der Waals surface area contributed by atoms with Crippen LogP contribution in [-0.2, 0) is 39.0 Å². The summed E-state index contributed by atoms with van der Waals surface area (Å²) in [4.78, 5) is 0. The van der Waals surface area contributed by atoms with Crippen molar-refractivity contribution >= 4 is 138 Å². The Labute approximate surface area is 764 Å². The molecule has 1 nitrogen and oxygen atoms in total. The zero-order valence-corrected chi connectivity index (χ0v) is 81.5. The molecular weight excluding hydrogens is 1790 g/mol. The van der Waals surface area contributed by atoms with E-state index >= 15 is 0 Å². The summed E-state index contributed by atoms with van der Waals surface area (Å²) in [7, 11) is 0.251. The molecule has 0 amide bonds. The first-order valence-corrected chi connectivity index (χ1v) is 44.5. The van der Waals surface area contributed by atoms with Crippen LogP contribution in [-0.4, -0.2) is 14.1 Å². The zero-order chi connectivity index (χ0) is 78.1. The Hall–Kier alpha value is -7.06. The Balaban J connectivity index is 0.000000298. The van der Waals surface area contributed by atoms with Crippen molar-refractivity contribution in [1.82, 2.24) is 0 Å². The largest absolute Gasteiger partial charge is 2.00 e. The minimum Gasteiger partial charge on any atom is -1.00 e. The molecule has 0 saturated heterocycles. The average molecular weight is 1900 g/mol. The summed E-state index contributed by atoms with van der Waals surface area (Å²) in [5.41, 5.74) is 26.4. The van der Waals surface area contributed by atoms with Crippen molar-refractivity contribution in [2.24, 2.45) is 0 Å². The molecule has 0 radical (unpaired) electrons. The smallest absolute Gasteiger partial charge is 1.00 e. The van der Waals surface area contributed by atoms with E-state index in [0.29, 0.717) is 0 Å². The van der Waals surface area contributed by atoms with Gasteiger partial charge < -0.3 is 67.4 Å². The fourth-order valence-electron chi connectivity index (χ4n) is 17.2. The van der Waals surface area contributed by atoms with E-state index in [9.17, 15) is 0 Å². The molecule has 0 aliphatic rings. The van der Waals surface area contributed by atoms with Gasteiger partial charge in [-0.05, 0) is 271 Å². The molecule has 12 heteroatoms. The van der Waals surface area contributed by atoms with Crippen molar-refractivity contribution in [3.8, 4) is 22.3 Å². The van der Waals surface area contributed by atoms with Crippen LogP contribution in [0.25, 0.3) is 65.3 Å². The molecule has 0 aliphatic carbocycles. The minimum atomic E-state index is -0.937. The number of benzene rings is 16. The third-order valence-electron chi connectivity index (χ3n) is 20.8. The molecule has 604 valence electrons. The van der Waals surface area contributed by atoms with Crippen molar-refractivity contribution < 1.29 is 106 Å². The standard InChI is InChI=1S/2C52H48P2.C2H7N.5ClH.2Ru/c2*1-33-21-34(2)26-43(25-33)53(44-27-35(3)22-36(4)28-44)49-19-17-41-13-9-11-15-47(41)51(49)52-48-16-12-10-14-42(48)18-20-50(52)54(45-29-37(5)23-38(6)30-45)46-31-39(7)24-40(8)32-46;1-3-2;;;;;;;/h2*9-32H,1-8H3;3H,1-2H3;5*1H;;/q;;;;;;;;2*+2/p-4. The van der Waals surface area contributed by atoms with Crippen molar-refractivity contribution in [2.75, 3.05) is 14.1 Å². The van der Waals surface area contributed by atoms with Crippen LogP contribution in [0.5, 0.6) is 0 Å². The Morgan fingerprint density at radius 2 is 0.288 bits per heavy atom. The van der Waals surface area contributed by atoms with E-state index in [-0.39, 0.29) is 101 Å². The van der Waals surface area contributed by atoms with Gasteiger partial charge in [-0.3, -0.25) is 0 Å². The number of rotatable bonds is 14. The second kappa shape index (κ2) is 43.1. The molecule has 2 N–H and O–H groups in total. The van der Waals surface area contributed by atoms with Gasteiger partial charge in [0.2, 0.25) is 0 Å². The zero-order valence-electron chi connectivity index (χ0n) is 70.7. The molecule has 0 spiro atoms. The number of fused-ring (bicyclic) bond motifs is 4. The van der Waals surface area contributed by atoms with Crippen molar-refractivity contribution in [3.05, 3.63) is 380 Å². The van der Waals surface area contributed by atoms with Crippen LogP contribution >= 0.6 is 31.7 Å². The number of hydrogen-bond acceptors (Lipinski definition) is 0. The van der Waals surface area contributed by atoms with Crippen LogP contribution in [0.2, 0.25) is 0 Å². The fraction of sp³-hybridized carbons (Fsp3) is 0.170. The summed E-state index contributed by atoms with van der Waals surface area (Å²) in [5, 5.41) is 29.2. The van der Waals surface area contributed by atoms with Crippen LogP contribution in [0.3, 0.4) is 0 Å². The summed E-state index contributed by atoms with van der Waals surface area (Å²) in [6, 6.07) is 113.